The fraction of sp³-hybridized carbons (Fsp3) is 1.00. The summed E-state index contributed by atoms with van der Waals surface area (Å²) in [6, 6.07) is 0.978. The maximum Gasteiger partial charge on any atom is 0.00966 e. The Morgan fingerprint density at radius 3 is 2.71 bits per heavy atom. The van der Waals surface area contributed by atoms with Gasteiger partial charge in [-0.15, -0.1) is 0 Å². The monoisotopic (exact) mass is 194 g/mol. The molecule has 14 heavy (non-hydrogen) atoms. The summed E-state index contributed by atoms with van der Waals surface area (Å²) in [6.07, 6.45) is 8.67. The van der Waals surface area contributed by atoms with Gasteiger partial charge in [-0.05, 0) is 62.9 Å². The first kappa shape index (κ1) is 9.17. The number of nitrogens with zero attached hydrogens (tertiary/aromatic N) is 1. The second-order valence-electron chi connectivity index (χ2n) is 5.80. The van der Waals surface area contributed by atoms with Crippen LogP contribution in [0.2, 0.25) is 0 Å². The van der Waals surface area contributed by atoms with E-state index in [1.165, 1.54) is 51.6 Å². The molecule has 3 rings (SSSR count). The van der Waals surface area contributed by atoms with E-state index in [1.807, 2.05) is 0 Å². The predicted octanol–water partition coefficient (Wildman–Crippen LogP) is 1.60. The van der Waals surface area contributed by atoms with Crippen LogP contribution in [-0.4, -0.2) is 30.6 Å². The van der Waals surface area contributed by atoms with Crippen molar-refractivity contribution in [1.29, 1.82) is 0 Å². The van der Waals surface area contributed by atoms with Crippen LogP contribution in [-0.2, 0) is 0 Å². The van der Waals surface area contributed by atoms with E-state index < -0.39 is 0 Å². The standard InChI is InChI=1S/C12H22N2/c13-8-10-3-4-12(7-10)5-6-14(9-12)11-1-2-11/h10-11H,1-9,13H2/t10-,12-/m1/s1. The molecule has 0 amide bonds. The molecular weight excluding hydrogens is 172 g/mol. The fourth-order valence-corrected chi connectivity index (χ4v) is 3.62. The van der Waals surface area contributed by atoms with Crippen molar-refractivity contribution in [2.45, 2.75) is 44.6 Å². The topological polar surface area (TPSA) is 29.3 Å². The van der Waals surface area contributed by atoms with Crippen molar-refractivity contribution >= 4 is 0 Å². The molecule has 1 heterocycles. The van der Waals surface area contributed by atoms with E-state index in [0.717, 1.165) is 18.5 Å². The van der Waals surface area contributed by atoms with Crippen molar-refractivity contribution in [3.8, 4) is 0 Å². The highest BCUT2D eigenvalue weighted by molar-refractivity contribution is 5.00. The van der Waals surface area contributed by atoms with Crippen LogP contribution >= 0.6 is 0 Å². The Hall–Kier alpha value is -0.0800. The van der Waals surface area contributed by atoms with Crippen LogP contribution < -0.4 is 5.73 Å². The molecule has 0 bridgehead atoms. The number of rotatable bonds is 2. The molecule has 1 aliphatic heterocycles. The first-order chi connectivity index (χ1) is 6.81. The molecule has 2 N–H and O–H groups in total. The van der Waals surface area contributed by atoms with Gasteiger partial charge in [0.1, 0.15) is 0 Å². The summed E-state index contributed by atoms with van der Waals surface area (Å²) in [6.45, 7) is 3.70. The van der Waals surface area contributed by atoms with Gasteiger partial charge in [-0.3, -0.25) is 4.90 Å². The molecule has 3 aliphatic rings. The van der Waals surface area contributed by atoms with Gasteiger partial charge in [0, 0.05) is 12.6 Å². The van der Waals surface area contributed by atoms with Crippen LogP contribution in [0.25, 0.3) is 0 Å². The molecule has 2 nitrogen and oxygen atoms in total. The van der Waals surface area contributed by atoms with Gasteiger partial charge in [0.05, 0.1) is 0 Å². The van der Waals surface area contributed by atoms with Gasteiger partial charge in [0.15, 0.2) is 0 Å². The van der Waals surface area contributed by atoms with Crippen molar-refractivity contribution in [3.63, 3.8) is 0 Å². The Bertz CT molecular complexity index is 224. The second kappa shape index (κ2) is 3.21. The Morgan fingerprint density at radius 2 is 2.07 bits per heavy atom. The second-order valence-corrected chi connectivity index (χ2v) is 5.80. The molecule has 2 atom stereocenters. The van der Waals surface area contributed by atoms with Crippen LogP contribution in [0.15, 0.2) is 0 Å². The molecule has 80 valence electrons. The lowest BCUT2D eigenvalue weighted by Gasteiger charge is -2.24. The Kier molecular flexibility index (Phi) is 2.10. The normalized spacial score (nSPS) is 43.9. The zero-order valence-corrected chi connectivity index (χ0v) is 9.04. The molecular formula is C12H22N2. The number of nitrogens with two attached hydrogens (primary N) is 1. The molecule has 3 fully saturated rings. The minimum atomic E-state index is 0.701. The van der Waals surface area contributed by atoms with Crippen LogP contribution in [0.4, 0.5) is 0 Å². The molecule has 0 aromatic heterocycles. The van der Waals surface area contributed by atoms with Gasteiger partial charge in [-0.25, -0.2) is 0 Å². The smallest absolute Gasteiger partial charge is 0.00966 e. The fourth-order valence-electron chi connectivity index (χ4n) is 3.62. The van der Waals surface area contributed by atoms with E-state index >= 15 is 0 Å². The van der Waals surface area contributed by atoms with E-state index in [9.17, 15) is 0 Å². The maximum atomic E-state index is 5.78. The van der Waals surface area contributed by atoms with E-state index in [4.69, 9.17) is 5.73 Å². The molecule has 1 saturated heterocycles. The maximum absolute atomic E-state index is 5.78. The molecule has 0 radical (unpaired) electrons. The van der Waals surface area contributed by atoms with Gasteiger partial charge in [-0.2, -0.15) is 0 Å². The third kappa shape index (κ3) is 1.49. The highest BCUT2D eigenvalue weighted by Crippen LogP contribution is 2.49. The summed E-state index contributed by atoms with van der Waals surface area (Å²) in [5.41, 5.74) is 6.48. The number of hydrogen-bond acceptors (Lipinski definition) is 2. The summed E-state index contributed by atoms with van der Waals surface area (Å²) >= 11 is 0. The first-order valence-electron chi connectivity index (χ1n) is 6.25. The number of hydrogen-bond donors (Lipinski definition) is 1. The summed E-state index contributed by atoms with van der Waals surface area (Å²) in [5, 5.41) is 0. The minimum absolute atomic E-state index is 0.701. The third-order valence-electron chi connectivity index (χ3n) is 4.67. The van der Waals surface area contributed by atoms with Crippen LogP contribution in [0.5, 0.6) is 0 Å². The highest BCUT2D eigenvalue weighted by atomic mass is 15.2. The molecule has 2 saturated carbocycles. The molecule has 1 spiro atoms. The average Bonchev–Trinajstić information content (AvgIpc) is 2.87. The third-order valence-corrected chi connectivity index (χ3v) is 4.67. The molecule has 2 aliphatic carbocycles. The highest BCUT2D eigenvalue weighted by Gasteiger charge is 2.46. The van der Waals surface area contributed by atoms with Crippen molar-refractivity contribution in [2.75, 3.05) is 19.6 Å². The lowest BCUT2D eigenvalue weighted by atomic mass is 9.84. The average molecular weight is 194 g/mol. The molecule has 0 unspecified atom stereocenters. The van der Waals surface area contributed by atoms with E-state index in [1.54, 1.807) is 0 Å². The minimum Gasteiger partial charge on any atom is -0.330 e. The first-order valence-corrected chi connectivity index (χ1v) is 6.25. The van der Waals surface area contributed by atoms with E-state index in [-0.39, 0.29) is 0 Å². The quantitative estimate of drug-likeness (QED) is 0.723. The summed E-state index contributed by atoms with van der Waals surface area (Å²) in [5.74, 6) is 0.842. The van der Waals surface area contributed by atoms with Gasteiger partial charge in [0.2, 0.25) is 0 Å². The van der Waals surface area contributed by atoms with Crippen LogP contribution in [0.1, 0.15) is 38.5 Å². The van der Waals surface area contributed by atoms with Crippen molar-refractivity contribution in [1.82, 2.24) is 4.90 Å². The van der Waals surface area contributed by atoms with Gasteiger partial charge in [-0.1, -0.05) is 0 Å². The van der Waals surface area contributed by atoms with Crippen LogP contribution in [0, 0.1) is 11.3 Å². The van der Waals surface area contributed by atoms with Crippen molar-refractivity contribution in [2.24, 2.45) is 17.1 Å². The lowest BCUT2D eigenvalue weighted by molar-refractivity contribution is 0.248. The van der Waals surface area contributed by atoms with Gasteiger partial charge < -0.3 is 5.73 Å². The summed E-state index contributed by atoms with van der Waals surface area (Å²) in [4.78, 5) is 2.75. The number of likely N-dealkylation sites (tertiary alicyclic amines) is 1. The largest absolute Gasteiger partial charge is 0.330 e. The Labute approximate surface area is 86.8 Å². The Morgan fingerprint density at radius 1 is 1.21 bits per heavy atom. The van der Waals surface area contributed by atoms with Crippen molar-refractivity contribution < 1.29 is 0 Å². The van der Waals surface area contributed by atoms with Gasteiger partial charge >= 0.3 is 0 Å². The Balaban J connectivity index is 1.63. The SMILES string of the molecule is NC[C@@H]1CC[C@@]2(CCN(C3CC3)C2)C1. The molecule has 0 aromatic rings. The predicted molar refractivity (Wildman–Crippen MR) is 58.0 cm³/mol. The summed E-state index contributed by atoms with van der Waals surface area (Å²) in [7, 11) is 0. The van der Waals surface area contributed by atoms with E-state index in [0.29, 0.717) is 5.41 Å². The zero-order chi connectivity index (χ0) is 9.60. The molecule has 2 heteroatoms. The van der Waals surface area contributed by atoms with Crippen LogP contribution in [0.3, 0.4) is 0 Å². The van der Waals surface area contributed by atoms with Gasteiger partial charge in [0.25, 0.3) is 0 Å². The van der Waals surface area contributed by atoms with E-state index in [2.05, 4.69) is 4.90 Å². The zero-order valence-electron chi connectivity index (χ0n) is 9.04. The van der Waals surface area contributed by atoms with Crippen molar-refractivity contribution in [3.05, 3.63) is 0 Å². The summed E-state index contributed by atoms with van der Waals surface area (Å²) < 4.78 is 0. The molecule has 0 aromatic carbocycles. The lowest BCUT2D eigenvalue weighted by Crippen LogP contribution is -2.27.